The van der Waals surface area contributed by atoms with Crippen LogP contribution in [0.3, 0.4) is 0 Å². The molecule has 10 nitrogen and oxygen atoms in total. The summed E-state index contributed by atoms with van der Waals surface area (Å²) >= 11 is 0. The maximum atomic E-state index is 10.8. The molecule has 0 aliphatic rings. The molecule has 16 aromatic carbocycles. The van der Waals surface area contributed by atoms with Crippen LogP contribution in [0.15, 0.2) is 345 Å². The second-order valence-electron chi connectivity index (χ2n) is 27.9. The molecule has 8 heterocycles. The zero-order valence-corrected chi connectivity index (χ0v) is 57.5. The average Bonchev–Trinajstić information content (AvgIpc) is 1.58. The van der Waals surface area contributed by atoms with Gasteiger partial charge in [0.1, 0.15) is 50.7 Å². The van der Waals surface area contributed by atoms with Crippen molar-refractivity contribution in [3.63, 3.8) is 0 Å². The number of hydrogen-bond donors (Lipinski definition) is 0. The van der Waals surface area contributed by atoms with Crippen LogP contribution >= 0.6 is 0 Å². The number of rotatable bonds is 6. The summed E-state index contributed by atoms with van der Waals surface area (Å²) in [5.41, 5.74) is 24.8. The molecule has 24 rings (SSSR count). The van der Waals surface area contributed by atoms with Crippen LogP contribution in [0.25, 0.3) is 225 Å². The summed E-state index contributed by atoms with van der Waals surface area (Å²) in [6.07, 6.45) is 0. The fourth-order valence-electron chi connectivity index (χ4n) is 17.8. The van der Waals surface area contributed by atoms with Crippen molar-refractivity contribution in [1.82, 2.24) is 18.3 Å². The van der Waals surface area contributed by atoms with Gasteiger partial charge < -0.3 is 35.9 Å². The predicted molar refractivity (Wildman–Crippen MR) is 441 cm³/mol. The van der Waals surface area contributed by atoms with Gasteiger partial charge in [0.15, 0.2) is 5.69 Å². The van der Waals surface area contributed by atoms with Gasteiger partial charge in [-0.15, -0.1) is 0 Å². The Morgan fingerprint density at radius 2 is 0.657 bits per heavy atom. The smallest absolute Gasteiger partial charge is 0.189 e. The summed E-state index contributed by atoms with van der Waals surface area (Å²) in [5.74, 6) is 0. The van der Waals surface area contributed by atoms with E-state index in [1.54, 1.807) is 0 Å². The third kappa shape index (κ3) is 8.39. The third-order valence-electron chi connectivity index (χ3n) is 22.3. The van der Waals surface area contributed by atoms with Crippen LogP contribution in [0, 0.1) is 17.9 Å². The van der Waals surface area contributed by atoms with Gasteiger partial charge in [0.05, 0.1) is 78.4 Å². The number of nitriles is 1. The van der Waals surface area contributed by atoms with E-state index in [0.29, 0.717) is 11.3 Å². The van der Waals surface area contributed by atoms with E-state index in [1.807, 2.05) is 72.8 Å². The minimum Gasteiger partial charge on any atom is -0.456 e. The van der Waals surface area contributed by atoms with Crippen LogP contribution in [0.5, 0.6) is 0 Å². The second kappa shape index (κ2) is 22.7. The summed E-state index contributed by atoms with van der Waals surface area (Å²) in [7, 11) is 0. The maximum Gasteiger partial charge on any atom is 0.189 e. The van der Waals surface area contributed by atoms with Crippen LogP contribution in [0.2, 0.25) is 0 Å². The van der Waals surface area contributed by atoms with Crippen molar-refractivity contribution in [1.29, 1.82) is 5.26 Å². The van der Waals surface area contributed by atoms with E-state index in [9.17, 15) is 5.26 Å². The highest BCUT2D eigenvalue weighted by atomic mass is 16.3. The van der Waals surface area contributed by atoms with Crippen molar-refractivity contribution in [3.8, 4) is 51.1 Å². The molecule has 108 heavy (non-hydrogen) atoms. The molecule has 0 saturated carbocycles. The molecular weight excluding hydrogens is 1330 g/mol. The topological polar surface area (TPSA) is 100 Å². The van der Waals surface area contributed by atoms with Crippen LogP contribution in [-0.4, -0.2) is 18.3 Å². The van der Waals surface area contributed by atoms with Crippen LogP contribution in [0.4, 0.5) is 5.69 Å². The van der Waals surface area contributed by atoms with Crippen molar-refractivity contribution in [2.75, 3.05) is 0 Å². The number of aromatic nitrogens is 4. The molecular formula is C98H54N6O4. The largest absolute Gasteiger partial charge is 0.456 e. The normalized spacial score (nSPS) is 12.1. The second-order valence-corrected chi connectivity index (χ2v) is 27.9. The Bertz CT molecular complexity index is 8110. The number of fused-ring (bicyclic) bond motifs is 28. The Hall–Kier alpha value is -15.1. The average molecular weight is 1380 g/mol. The summed E-state index contributed by atoms with van der Waals surface area (Å²) in [4.78, 5) is 3.87. The predicted octanol–water partition coefficient (Wildman–Crippen LogP) is 27.1. The fourth-order valence-corrected chi connectivity index (χ4v) is 17.8. The lowest BCUT2D eigenvalue weighted by molar-refractivity contribution is 0.669. The molecule has 0 aliphatic heterocycles. The number of benzene rings is 16. The van der Waals surface area contributed by atoms with Gasteiger partial charge in [-0.1, -0.05) is 194 Å². The Kier molecular flexibility index (Phi) is 12.5. The van der Waals surface area contributed by atoms with E-state index in [0.717, 1.165) is 209 Å². The van der Waals surface area contributed by atoms with Gasteiger partial charge in [0.25, 0.3) is 0 Å². The van der Waals surface area contributed by atoms with E-state index < -0.39 is 0 Å². The van der Waals surface area contributed by atoms with Gasteiger partial charge in [-0.2, -0.15) is 5.26 Å². The highest BCUT2D eigenvalue weighted by Gasteiger charge is 2.26. The molecule has 0 fully saturated rings. The molecule has 500 valence electrons. The first-order chi connectivity index (χ1) is 53.5. The Balaban J connectivity index is 0.000000130. The third-order valence-corrected chi connectivity index (χ3v) is 22.3. The minimum absolute atomic E-state index is 0.584. The zero-order valence-electron chi connectivity index (χ0n) is 57.5. The molecule has 10 heteroatoms. The summed E-state index contributed by atoms with van der Waals surface area (Å²) in [5, 5.41) is 28.7. The maximum absolute atomic E-state index is 10.8. The first kappa shape index (κ1) is 59.4. The first-order valence-electron chi connectivity index (χ1n) is 36.1. The van der Waals surface area contributed by atoms with Gasteiger partial charge >= 0.3 is 0 Å². The molecule has 8 aromatic heterocycles. The quantitative estimate of drug-likeness (QED) is 0.154. The van der Waals surface area contributed by atoms with Crippen molar-refractivity contribution < 1.29 is 17.7 Å². The first-order valence-corrected chi connectivity index (χ1v) is 36.1. The van der Waals surface area contributed by atoms with Crippen LogP contribution in [-0.2, 0) is 0 Å². The lowest BCUT2D eigenvalue weighted by atomic mass is 10.00. The number of hydrogen-bond acceptors (Lipinski definition) is 5. The Labute approximate surface area is 613 Å². The summed E-state index contributed by atoms with van der Waals surface area (Å²) < 4.78 is 34.9. The number of nitrogens with zero attached hydrogens (tertiary/aromatic N) is 6. The molecule has 24 aromatic rings. The Morgan fingerprint density at radius 1 is 0.259 bits per heavy atom. The van der Waals surface area contributed by atoms with Gasteiger partial charge in [-0.3, -0.25) is 0 Å². The van der Waals surface area contributed by atoms with Gasteiger partial charge in [0, 0.05) is 97.9 Å². The van der Waals surface area contributed by atoms with Gasteiger partial charge in [-0.05, 0) is 145 Å². The summed E-state index contributed by atoms with van der Waals surface area (Å²) in [6, 6.07) is 116. The molecule has 0 radical (unpaired) electrons. The Morgan fingerprint density at radius 3 is 1.19 bits per heavy atom. The number of para-hydroxylation sites is 9. The fraction of sp³-hybridized carbons (Fsp3) is 0. The monoisotopic (exact) mass is 1380 g/mol. The minimum atomic E-state index is 0.584. The van der Waals surface area contributed by atoms with E-state index in [2.05, 4.69) is 284 Å². The molecule has 0 saturated heterocycles. The standard InChI is InChI=1S/2C49H27N3O2/c1-50-30-20-23-32(41(28-30)52-38-15-7-3-11-34(38)47-40(52)25-27-45-49(47)36-13-5-9-17-43(36)54-45)29-18-21-31(22-19-29)51-37-14-6-2-10-33(37)46-39(51)24-26-44-48(46)35-12-4-8-16-42(35)53-44;50-28-30-27-29(21-24-38(30)51-40-17-7-2-14-36(40)46-42(51)25-22-34-32-12-4-9-19-44(32)53-48(34)46)31-11-1-6-16-39(31)52-41-18-8-3-15-37(41)47-43(52)26-23-35-33-13-5-10-20-45(33)54-49(35)47/h2-28H;1-27H. The summed E-state index contributed by atoms with van der Waals surface area (Å²) in [6.45, 7) is 7.96. The molecule has 0 spiro atoms. The molecule has 0 unspecified atom stereocenters. The van der Waals surface area contributed by atoms with Gasteiger partial charge in [-0.25, -0.2) is 4.85 Å². The number of furan rings is 4. The molecule has 0 aliphatic carbocycles. The lowest BCUT2D eigenvalue weighted by Crippen LogP contribution is -2.00. The van der Waals surface area contributed by atoms with E-state index >= 15 is 0 Å². The highest BCUT2D eigenvalue weighted by molar-refractivity contribution is 6.30. The van der Waals surface area contributed by atoms with Crippen molar-refractivity contribution >= 4 is 181 Å². The van der Waals surface area contributed by atoms with Crippen molar-refractivity contribution in [2.24, 2.45) is 0 Å². The van der Waals surface area contributed by atoms with Crippen molar-refractivity contribution in [2.45, 2.75) is 0 Å². The lowest BCUT2D eigenvalue weighted by Gasteiger charge is -2.16. The van der Waals surface area contributed by atoms with Crippen LogP contribution in [0.1, 0.15) is 5.56 Å². The van der Waals surface area contributed by atoms with Crippen LogP contribution < -0.4 is 0 Å². The molecule has 0 atom stereocenters. The van der Waals surface area contributed by atoms with E-state index in [4.69, 9.17) is 24.2 Å². The molecule has 0 N–H and O–H groups in total. The van der Waals surface area contributed by atoms with Gasteiger partial charge in [0.2, 0.25) is 0 Å². The van der Waals surface area contributed by atoms with E-state index in [-0.39, 0.29) is 0 Å². The zero-order chi connectivity index (χ0) is 71.0. The SMILES string of the molecule is N#Cc1cc(-c2ccccc2-n2c3ccccc3c3c4oc5ccccc5c4ccc32)ccc1-n1c2ccccc2c2c3oc4ccccc4c3ccc21.[C-]#[N+]c1ccc(-c2ccc(-n3c4ccccc4c4c5c(ccc43)oc3ccccc35)cc2)c(-n2c3ccccc3c3c4c(ccc32)oc2ccccc24)c1. The molecule has 0 bridgehead atoms. The highest BCUT2D eigenvalue weighted by Crippen LogP contribution is 2.48. The van der Waals surface area contributed by atoms with E-state index in [1.165, 1.54) is 10.8 Å². The van der Waals surface area contributed by atoms with Crippen molar-refractivity contribution in [3.05, 3.63) is 345 Å². The molecule has 0 amide bonds.